The van der Waals surface area contributed by atoms with Crippen molar-refractivity contribution >= 4 is 33.2 Å². The first kappa shape index (κ1) is 18.7. The van der Waals surface area contributed by atoms with Gasteiger partial charge < -0.3 is 4.74 Å². The maximum Gasteiger partial charge on any atom is 0.243 e. The highest BCUT2D eigenvalue weighted by molar-refractivity contribution is 7.89. The molecule has 0 bridgehead atoms. The summed E-state index contributed by atoms with van der Waals surface area (Å²) < 4.78 is 32.9. The molecule has 4 nitrogen and oxygen atoms in total. The van der Waals surface area contributed by atoms with E-state index in [9.17, 15) is 8.42 Å². The molecule has 0 N–H and O–H groups in total. The number of ether oxygens (including phenoxy) is 1. The van der Waals surface area contributed by atoms with Crippen molar-refractivity contribution in [3.63, 3.8) is 0 Å². The first-order chi connectivity index (χ1) is 11.9. The molecule has 1 aliphatic rings. The molecule has 0 unspecified atom stereocenters. The summed E-state index contributed by atoms with van der Waals surface area (Å²) in [6.07, 6.45) is 1.40. The molecule has 0 aromatic heterocycles. The van der Waals surface area contributed by atoms with Gasteiger partial charge in [0.05, 0.1) is 17.6 Å². The van der Waals surface area contributed by atoms with Gasteiger partial charge in [-0.15, -0.1) is 0 Å². The molecular weight excluding hydrogens is 381 g/mol. The van der Waals surface area contributed by atoms with Gasteiger partial charge in [0.25, 0.3) is 0 Å². The van der Waals surface area contributed by atoms with Gasteiger partial charge in [-0.3, -0.25) is 0 Å². The van der Waals surface area contributed by atoms with Gasteiger partial charge in [-0.25, -0.2) is 8.42 Å². The molecule has 2 aromatic carbocycles. The van der Waals surface area contributed by atoms with Gasteiger partial charge in [0.15, 0.2) is 0 Å². The van der Waals surface area contributed by atoms with E-state index in [1.165, 1.54) is 22.5 Å². The lowest BCUT2D eigenvalue weighted by Crippen LogP contribution is -2.40. The highest BCUT2D eigenvalue weighted by Crippen LogP contribution is 2.27. The van der Waals surface area contributed by atoms with Gasteiger partial charge in [-0.1, -0.05) is 53.5 Å². The molecular formula is C18H19Cl2NO3S. The van der Waals surface area contributed by atoms with Crippen LogP contribution in [0.25, 0.3) is 0 Å². The van der Waals surface area contributed by atoms with E-state index in [1.807, 2.05) is 30.3 Å². The number of benzene rings is 2. The van der Waals surface area contributed by atoms with Crippen molar-refractivity contribution in [1.29, 1.82) is 0 Å². The molecule has 2 aromatic rings. The lowest BCUT2D eigenvalue weighted by molar-refractivity contribution is 0.0102. The van der Waals surface area contributed by atoms with Crippen molar-refractivity contribution in [3.8, 4) is 0 Å². The van der Waals surface area contributed by atoms with Crippen LogP contribution >= 0.6 is 23.2 Å². The van der Waals surface area contributed by atoms with Crippen molar-refractivity contribution in [2.24, 2.45) is 0 Å². The fourth-order valence-corrected chi connectivity index (χ4v) is 5.05. The van der Waals surface area contributed by atoms with Crippen LogP contribution in [0.4, 0.5) is 0 Å². The second-order valence-electron chi connectivity index (χ2n) is 6.01. The minimum Gasteiger partial charge on any atom is -0.373 e. The Labute approximate surface area is 158 Å². The lowest BCUT2D eigenvalue weighted by atomic mass is 10.1. The third kappa shape index (κ3) is 4.74. The van der Waals surface area contributed by atoms with E-state index in [-0.39, 0.29) is 11.0 Å². The molecule has 25 heavy (non-hydrogen) atoms. The summed E-state index contributed by atoms with van der Waals surface area (Å²) in [6, 6.07) is 14.3. The Morgan fingerprint density at radius 1 is 1.00 bits per heavy atom. The van der Waals surface area contributed by atoms with Crippen molar-refractivity contribution in [2.75, 3.05) is 13.1 Å². The molecule has 1 fully saturated rings. The maximum absolute atomic E-state index is 12.7. The Hall–Kier alpha value is -1.11. The van der Waals surface area contributed by atoms with Crippen LogP contribution in [0.5, 0.6) is 0 Å². The molecule has 134 valence electrons. The van der Waals surface area contributed by atoms with Crippen molar-refractivity contribution in [3.05, 3.63) is 64.1 Å². The summed E-state index contributed by atoms with van der Waals surface area (Å²) in [5, 5.41) is 0.624. The summed E-state index contributed by atoms with van der Waals surface area (Å²) in [4.78, 5) is 0.133. The number of piperidine rings is 1. The summed E-state index contributed by atoms with van der Waals surface area (Å²) in [6.45, 7) is 1.39. The second kappa shape index (κ2) is 8.06. The number of hydrogen-bond donors (Lipinski definition) is 0. The van der Waals surface area contributed by atoms with E-state index < -0.39 is 10.0 Å². The molecule has 0 saturated carbocycles. The maximum atomic E-state index is 12.7. The highest BCUT2D eigenvalue weighted by atomic mass is 35.5. The predicted molar refractivity (Wildman–Crippen MR) is 99.5 cm³/mol. The fraction of sp³-hybridized carbons (Fsp3) is 0.333. The van der Waals surface area contributed by atoms with Gasteiger partial charge in [0.2, 0.25) is 10.0 Å². The monoisotopic (exact) mass is 399 g/mol. The Morgan fingerprint density at radius 2 is 1.60 bits per heavy atom. The van der Waals surface area contributed by atoms with Gasteiger partial charge in [0.1, 0.15) is 0 Å². The van der Waals surface area contributed by atoms with E-state index in [0.717, 1.165) is 5.56 Å². The minimum atomic E-state index is -3.59. The van der Waals surface area contributed by atoms with Crippen LogP contribution in [-0.2, 0) is 21.4 Å². The summed E-state index contributed by atoms with van der Waals surface area (Å²) >= 11 is 11.9. The molecule has 3 rings (SSSR count). The van der Waals surface area contributed by atoms with Gasteiger partial charge in [-0.2, -0.15) is 4.31 Å². The molecule has 0 atom stereocenters. The fourth-order valence-electron chi connectivity index (χ4n) is 2.85. The number of hydrogen-bond acceptors (Lipinski definition) is 3. The Morgan fingerprint density at radius 3 is 2.20 bits per heavy atom. The molecule has 0 amide bonds. The second-order valence-corrected chi connectivity index (χ2v) is 8.82. The smallest absolute Gasteiger partial charge is 0.243 e. The Bertz CT molecular complexity index is 799. The third-order valence-corrected chi connectivity index (χ3v) is 6.52. The zero-order chi connectivity index (χ0) is 17.9. The topological polar surface area (TPSA) is 46.6 Å². The van der Waals surface area contributed by atoms with Crippen LogP contribution in [0, 0.1) is 0 Å². The van der Waals surface area contributed by atoms with Crippen LogP contribution < -0.4 is 0 Å². The zero-order valence-corrected chi connectivity index (χ0v) is 15.9. The lowest BCUT2D eigenvalue weighted by Gasteiger charge is -2.31. The number of halogens is 2. The van der Waals surface area contributed by atoms with Gasteiger partial charge in [0, 0.05) is 23.1 Å². The van der Waals surface area contributed by atoms with Crippen molar-refractivity contribution in [1.82, 2.24) is 4.31 Å². The molecule has 1 aliphatic heterocycles. The molecule has 0 spiro atoms. The van der Waals surface area contributed by atoms with Gasteiger partial charge >= 0.3 is 0 Å². The third-order valence-electron chi connectivity index (χ3n) is 4.20. The van der Waals surface area contributed by atoms with Gasteiger partial charge in [-0.05, 0) is 36.6 Å². The zero-order valence-electron chi connectivity index (χ0n) is 13.6. The first-order valence-electron chi connectivity index (χ1n) is 8.07. The van der Waals surface area contributed by atoms with Crippen LogP contribution in [-0.4, -0.2) is 31.9 Å². The SMILES string of the molecule is O=S(=O)(c1cc(Cl)cc(Cl)c1)N1CCC(OCc2ccccc2)CC1. The molecule has 7 heteroatoms. The average molecular weight is 400 g/mol. The molecule has 0 aliphatic carbocycles. The molecule has 0 radical (unpaired) electrons. The Kier molecular flexibility index (Phi) is 6.02. The van der Waals surface area contributed by atoms with Crippen molar-refractivity contribution < 1.29 is 13.2 Å². The molecule has 1 heterocycles. The summed E-state index contributed by atoms with van der Waals surface area (Å²) in [5.74, 6) is 0. The van der Waals surface area contributed by atoms with E-state index in [1.54, 1.807) is 0 Å². The summed E-state index contributed by atoms with van der Waals surface area (Å²) in [5.41, 5.74) is 1.12. The average Bonchev–Trinajstić information content (AvgIpc) is 2.60. The summed E-state index contributed by atoms with van der Waals surface area (Å²) in [7, 11) is -3.59. The van der Waals surface area contributed by atoms with Crippen LogP contribution in [0.3, 0.4) is 0 Å². The van der Waals surface area contributed by atoms with E-state index in [0.29, 0.717) is 42.6 Å². The normalized spacial score (nSPS) is 16.9. The van der Waals surface area contributed by atoms with Crippen LogP contribution in [0.2, 0.25) is 10.0 Å². The number of rotatable bonds is 5. The number of nitrogens with zero attached hydrogens (tertiary/aromatic N) is 1. The van der Waals surface area contributed by atoms with Crippen molar-refractivity contribution in [2.45, 2.75) is 30.4 Å². The Balaban J connectivity index is 1.59. The van der Waals surface area contributed by atoms with Crippen LogP contribution in [0.1, 0.15) is 18.4 Å². The van der Waals surface area contributed by atoms with E-state index in [4.69, 9.17) is 27.9 Å². The standard InChI is InChI=1S/C18H19Cl2NO3S/c19-15-10-16(20)12-18(11-15)25(22,23)21-8-6-17(7-9-21)24-13-14-4-2-1-3-5-14/h1-5,10-12,17H,6-9,13H2. The molecule has 1 saturated heterocycles. The highest BCUT2D eigenvalue weighted by Gasteiger charge is 2.30. The van der Waals surface area contributed by atoms with Crippen LogP contribution in [0.15, 0.2) is 53.4 Å². The first-order valence-corrected chi connectivity index (χ1v) is 10.3. The largest absolute Gasteiger partial charge is 0.373 e. The quantitative estimate of drug-likeness (QED) is 0.749. The van der Waals surface area contributed by atoms with E-state index in [2.05, 4.69) is 0 Å². The number of sulfonamides is 1. The minimum absolute atomic E-state index is 0.0644. The predicted octanol–water partition coefficient (Wildman–Crippen LogP) is 4.36. The van der Waals surface area contributed by atoms with E-state index >= 15 is 0 Å².